The van der Waals surface area contributed by atoms with Crippen LogP contribution in [0, 0.1) is 34.0 Å². The van der Waals surface area contributed by atoms with Gasteiger partial charge in [-0.3, -0.25) is 4.79 Å². The molecule has 4 saturated carbocycles. The summed E-state index contributed by atoms with van der Waals surface area (Å²) in [6.45, 7) is 11.0. The number of Topliss-reactive ketones (excluding diaryl/α,β-unsaturated/α-hetero) is 1. The third kappa shape index (κ3) is 2.18. The van der Waals surface area contributed by atoms with E-state index in [2.05, 4.69) is 20.8 Å². The average Bonchev–Trinajstić information content (AvgIpc) is 2.84. The number of aliphatic hydroxyl groups is 3. The van der Waals surface area contributed by atoms with Crippen LogP contribution in [0.2, 0.25) is 0 Å². The first-order valence-corrected chi connectivity index (χ1v) is 11.0. The average molecular weight is 379 g/mol. The fourth-order valence-corrected chi connectivity index (χ4v) is 8.45. The number of carbonyl (C=O) groups excluding carboxylic acids is 1. The van der Waals surface area contributed by atoms with Gasteiger partial charge in [0.2, 0.25) is 0 Å². The molecule has 0 radical (unpaired) electrons. The molecule has 0 heterocycles. The third-order valence-electron chi connectivity index (χ3n) is 10.7. The van der Waals surface area contributed by atoms with E-state index in [1.807, 2.05) is 6.92 Å². The molecule has 0 bridgehead atoms. The summed E-state index contributed by atoms with van der Waals surface area (Å²) < 4.78 is 0. The Kier molecular flexibility index (Phi) is 4.10. The molecule has 0 spiro atoms. The number of aliphatic hydroxyl groups excluding tert-OH is 1. The Bertz CT molecular complexity index is 659. The van der Waals surface area contributed by atoms with Crippen molar-refractivity contribution in [3.63, 3.8) is 0 Å². The van der Waals surface area contributed by atoms with Crippen molar-refractivity contribution >= 4 is 5.78 Å². The number of hydrogen-bond acceptors (Lipinski definition) is 4. The molecule has 4 fully saturated rings. The standard InChI is InChI=1S/C23H38O4/c1-6-19(2)9-7-15-14-11-22(5,26)23(27)13-18(25)17(24)12-21(23,4)16(14)8-10-20(15,19)3/h14-17,24,26-27H,6-13H2,1-5H3/t14-,15-,16-,17?,19-,20-,21+,22?,23?/m0/s1. The Hall–Kier alpha value is -0.450. The highest BCUT2D eigenvalue weighted by Crippen LogP contribution is 2.72. The van der Waals surface area contributed by atoms with E-state index in [0.29, 0.717) is 23.7 Å². The van der Waals surface area contributed by atoms with Crippen LogP contribution in [0.5, 0.6) is 0 Å². The molecule has 0 aromatic heterocycles. The minimum Gasteiger partial charge on any atom is -0.387 e. The molecule has 4 nitrogen and oxygen atoms in total. The van der Waals surface area contributed by atoms with Gasteiger partial charge < -0.3 is 15.3 Å². The quantitative estimate of drug-likeness (QED) is 0.653. The molecular formula is C23H38O4. The molecule has 4 aliphatic rings. The van der Waals surface area contributed by atoms with Crippen molar-refractivity contribution in [1.29, 1.82) is 0 Å². The van der Waals surface area contributed by atoms with Crippen molar-refractivity contribution in [3.05, 3.63) is 0 Å². The van der Waals surface area contributed by atoms with Gasteiger partial charge in [0.25, 0.3) is 0 Å². The number of hydrogen-bond donors (Lipinski definition) is 3. The highest BCUT2D eigenvalue weighted by atomic mass is 16.4. The number of carbonyl (C=O) groups is 1. The summed E-state index contributed by atoms with van der Waals surface area (Å²) in [5.74, 6) is 0.818. The molecule has 0 saturated heterocycles. The van der Waals surface area contributed by atoms with Crippen LogP contribution in [0.4, 0.5) is 0 Å². The Morgan fingerprint density at radius 1 is 0.963 bits per heavy atom. The van der Waals surface area contributed by atoms with Crippen LogP contribution in [0.3, 0.4) is 0 Å². The van der Waals surface area contributed by atoms with Crippen LogP contribution >= 0.6 is 0 Å². The molecule has 0 aliphatic heterocycles. The minimum atomic E-state index is -1.45. The van der Waals surface area contributed by atoms with E-state index in [1.54, 1.807) is 6.92 Å². The summed E-state index contributed by atoms with van der Waals surface area (Å²) in [5, 5.41) is 33.5. The fraction of sp³-hybridized carbons (Fsp3) is 0.957. The summed E-state index contributed by atoms with van der Waals surface area (Å²) in [5.41, 5.74) is -2.77. The van der Waals surface area contributed by atoms with Crippen molar-refractivity contribution in [2.45, 2.75) is 103 Å². The van der Waals surface area contributed by atoms with E-state index < -0.39 is 22.7 Å². The molecule has 3 unspecified atom stereocenters. The van der Waals surface area contributed by atoms with E-state index in [0.717, 1.165) is 12.8 Å². The van der Waals surface area contributed by atoms with E-state index in [-0.39, 0.29) is 30.0 Å². The van der Waals surface area contributed by atoms with Gasteiger partial charge in [-0.25, -0.2) is 0 Å². The van der Waals surface area contributed by atoms with Gasteiger partial charge in [-0.15, -0.1) is 0 Å². The van der Waals surface area contributed by atoms with Gasteiger partial charge in [0.15, 0.2) is 5.78 Å². The zero-order valence-corrected chi connectivity index (χ0v) is 17.7. The summed E-state index contributed by atoms with van der Waals surface area (Å²) in [6, 6.07) is 0. The smallest absolute Gasteiger partial charge is 0.164 e. The predicted molar refractivity (Wildman–Crippen MR) is 104 cm³/mol. The lowest BCUT2D eigenvalue weighted by molar-refractivity contribution is -0.293. The monoisotopic (exact) mass is 378 g/mol. The first kappa shape index (κ1) is 19.8. The number of rotatable bonds is 1. The van der Waals surface area contributed by atoms with Gasteiger partial charge in [0.05, 0.1) is 5.60 Å². The first-order chi connectivity index (χ1) is 12.4. The maximum absolute atomic E-state index is 12.3. The zero-order chi connectivity index (χ0) is 20.0. The summed E-state index contributed by atoms with van der Waals surface area (Å²) in [7, 11) is 0. The van der Waals surface area contributed by atoms with Crippen LogP contribution in [0.15, 0.2) is 0 Å². The zero-order valence-electron chi connectivity index (χ0n) is 17.7. The van der Waals surface area contributed by atoms with Crippen LogP contribution in [-0.2, 0) is 4.79 Å². The molecule has 0 aromatic rings. The first-order valence-electron chi connectivity index (χ1n) is 11.0. The van der Waals surface area contributed by atoms with Crippen molar-refractivity contribution in [2.24, 2.45) is 34.0 Å². The van der Waals surface area contributed by atoms with Gasteiger partial charge >= 0.3 is 0 Å². The van der Waals surface area contributed by atoms with Crippen molar-refractivity contribution in [2.75, 3.05) is 0 Å². The molecular weight excluding hydrogens is 340 g/mol. The molecule has 154 valence electrons. The van der Waals surface area contributed by atoms with Crippen molar-refractivity contribution in [3.8, 4) is 0 Å². The predicted octanol–water partition coefficient (Wildman–Crippen LogP) is 3.46. The van der Waals surface area contributed by atoms with Crippen LogP contribution in [0.1, 0.15) is 86.0 Å². The van der Waals surface area contributed by atoms with Crippen LogP contribution in [-0.4, -0.2) is 38.4 Å². The molecule has 4 aliphatic carbocycles. The fourth-order valence-electron chi connectivity index (χ4n) is 8.45. The normalized spacial score (nSPS) is 60.5. The lowest BCUT2D eigenvalue weighted by Gasteiger charge is -2.68. The second kappa shape index (κ2) is 5.58. The van der Waals surface area contributed by atoms with Crippen molar-refractivity contribution < 1.29 is 20.1 Å². The number of fused-ring (bicyclic) bond motifs is 5. The SMILES string of the molecule is CC[C@@]1(C)CC[C@H]2[C@@H]3CC(C)(O)C4(O)CC(=O)C(O)C[C@]4(C)[C@H]3CC[C@@]21C. The molecule has 4 heteroatoms. The molecule has 3 N–H and O–H groups in total. The van der Waals surface area contributed by atoms with Crippen LogP contribution < -0.4 is 0 Å². The van der Waals surface area contributed by atoms with Gasteiger partial charge in [0, 0.05) is 11.8 Å². The van der Waals surface area contributed by atoms with E-state index in [4.69, 9.17) is 0 Å². The molecule has 0 amide bonds. The second-order valence-electron chi connectivity index (χ2n) is 11.4. The highest BCUT2D eigenvalue weighted by molar-refractivity contribution is 5.85. The highest BCUT2D eigenvalue weighted by Gasteiger charge is 2.72. The van der Waals surface area contributed by atoms with E-state index >= 15 is 0 Å². The van der Waals surface area contributed by atoms with E-state index in [9.17, 15) is 20.1 Å². The van der Waals surface area contributed by atoms with Gasteiger partial charge in [0.1, 0.15) is 11.7 Å². The Morgan fingerprint density at radius 3 is 2.19 bits per heavy atom. The molecule has 9 atom stereocenters. The molecule has 27 heavy (non-hydrogen) atoms. The molecule has 4 rings (SSSR count). The van der Waals surface area contributed by atoms with Gasteiger partial charge in [-0.05, 0) is 74.0 Å². The second-order valence-corrected chi connectivity index (χ2v) is 11.4. The minimum absolute atomic E-state index is 0.129. The maximum Gasteiger partial charge on any atom is 0.164 e. The lowest BCUT2D eigenvalue weighted by atomic mass is 9.39. The van der Waals surface area contributed by atoms with Gasteiger partial charge in [-0.1, -0.05) is 34.1 Å². The largest absolute Gasteiger partial charge is 0.387 e. The maximum atomic E-state index is 12.3. The Labute approximate surface area is 163 Å². The topological polar surface area (TPSA) is 77.8 Å². The summed E-state index contributed by atoms with van der Waals surface area (Å²) in [4.78, 5) is 12.3. The lowest BCUT2D eigenvalue weighted by Crippen LogP contribution is -2.74. The summed E-state index contributed by atoms with van der Waals surface area (Å²) >= 11 is 0. The third-order valence-corrected chi connectivity index (χ3v) is 10.7. The Balaban J connectivity index is 1.78. The van der Waals surface area contributed by atoms with Gasteiger partial charge in [-0.2, -0.15) is 0 Å². The van der Waals surface area contributed by atoms with E-state index in [1.165, 1.54) is 19.3 Å². The van der Waals surface area contributed by atoms with Crippen molar-refractivity contribution in [1.82, 2.24) is 0 Å². The number of ketones is 1. The molecule has 0 aromatic carbocycles. The summed E-state index contributed by atoms with van der Waals surface area (Å²) in [6.07, 6.45) is 5.46. The van der Waals surface area contributed by atoms with Crippen LogP contribution in [0.25, 0.3) is 0 Å². The Morgan fingerprint density at radius 2 is 1.56 bits per heavy atom.